The van der Waals surface area contributed by atoms with Gasteiger partial charge in [-0.2, -0.15) is 0 Å². The summed E-state index contributed by atoms with van der Waals surface area (Å²) < 4.78 is 54.6. The molecule has 0 saturated carbocycles. The fraction of sp³-hybridized carbons (Fsp3) is 0.355. The molecule has 246 valence electrons. The van der Waals surface area contributed by atoms with Crippen molar-refractivity contribution in [3.05, 3.63) is 76.8 Å². The molecule has 2 aliphatic rings. The van der Waals surface area contributed by atoms with Crippen molar-refractivity contribution < 1.29 is 31.9 Å². The molecule has 0 unspecified atom stereocenters. The average Bonchev–Trinajstić information content (AvgIpc) is 3.47. The summed E-state index contributed by atoms with van der Waals surface area (Å²) in [7, 11) is 0. The van der Waals surface area contributed by atoms with Crippen LogP contribution in [-0.2, 0) is 22.4 Å². The summed E-state index contributed by atoms with van der Waals surface area (Å²) in [5.74, 6) is -0.0175. The highest BCUT2D eigenvalue weighted by molar-refractivity contribution is 7.15. The van der Waals surface area contributed by atoms with Gasteiger partial charge in [-0.25, -0.2) is 4.39 Å². The summed E-state index contributed by atoms with van der Waals surface area (Å²) in [5.41, 5.74) is 2.09. The first-order valence-electron chi connectivity index (χ1n) is 14.9. The molecule has 2 aromatic heterocycles. The molecule has 2 fully saturated rings. The maximum absolute atomic E-state index is 13.2. The third-order valence-electron chi connectivity index (χ3n) is 7.75. The lowest BCUT2D eigenvalue weighted by Gasteiger charge is -2.36. The van der Waals surface area contributed by atoms with Crippen LogP contribution in [0.5, 0.6) is 5.75 Å². The van der Waals surface area contributed by atoms with Gasteiger partial charge in [0, 0.05) is 24.7 Å². The van der Waals surface area contributed by atoms with Gasteiger partial charge in [-0.1, -0.05) is 35.6 Å². The summed E-state index contributed by atoms with van der Waals surface area (Å²) in [6, 6.07) is 16.1. The van der Waals surface area contributed by atoms with Gasteiger partial charge in [-0.3, -0.25) is 9.59 Å². The molecule has 16 heteroatoms. The number of hydrogen-bond acceptors (Lipinski definition) is 10. The number of aromatic nitrogens is 4. The van der Waals surface area contributed by atoms with E-state index in [-0.39, 0.29) is 30.5 Å². The van der Waals surface area contributed by atoms with E-state index in [4.69, 9.17) is 0 Å². The van der Waals surface area contributed by atoms with Crippen LogP contribution in [0.3, 0.4) is 0 Å². The molecule has 0 atom stereocenters. The predicted octanol–water partition coefficient (Wildman–Crippen LogP) is 5.13. The molecule has 6 rings (SSSR count). The summed E-state index contributed by atoms with van der Waals surface area (Å²) in [5, 5.41) is 23.5. The van der Waals surface area contributed by atoms with E-state index in [0.717, 1.165) is 41.2 Å². The van der Waals surface area contributed by atoms with Crippen LogP contribution in [0, 0.1) is 0 Å². The molecule has 0 bridgehead atoms. The quantitative estimate of drug-likeness (QED) is 0.221. The van der Waals surface area contributed by atoms with E-state index in [9.17, 15) is 27.2 Å². The Morgan fingerprint density at radius 2 is 1.55 bits per heavy atom. The van der Waals surface area contributed by atoms with Crippen molar-refractivity contribution >= 4 is 45.6 Å². The van der Waals surface area contributed by atoms with Crippen molar-refractivity contribution in [3.8, 4) is 5.75 Å². The minimum Gasteiger partial charge on any atom is -0.406 e. The minimum absolute atomic E-state index is 0.168. The van der Waals surface area contributed by atoms with Gasteiger partial charge in [0.1, 0.15) is 16.9 Å². The number of nitrogens with one attached hydrogen (secondary N) is 2. The Hall–Kier alpha value is -4.86. The number of alkyl halides is 4. The molecular formula is C31H30F4N8O3S. The molecule has 2 aromatic carbocycles. The summed E-state index contributed by atoms with van der Waals surface area (Å²) in [6.07, 6.45) is -4.03. The first-order chi connectivity index (χ1) is 22.6. The summed E-state index contributed by atoms with van der Waals surface area (Å²) >= 11 is 1.36. The Morgan fingerprint density at radius 1 is 0.851 bits per heavy atom. The average molecular weight is 671 g/mol. The lowest BCUT2D eigenvalue weighted by Crippen LogP contribution is -2.48. The van der Waals surface area contributed by atoms with Crippen LogP contribution in [0.25, 0.3) is 0 Å². The van der Waals surface area contributed by atoms with Crippen LogP contribution < -0.4 is 25.2 Å². The van der Waals surface area contributed by atoms with Gasteiger partial charge in [0.15, 0.2) is 11.6 Å². The highest BCUT2D eigenvalue weighted by atomic mass is 32.1. The lowest BCUT2D eigenvalue weighted by molar-refractivity contribution is -0.274. The first kappa shape index (κ1) is 32.1. The second-order valence-electron chi connectivity index (χ2n) is 11.3. The van der Waals surface area contributed by atoms with E-state index in [1.807, 2.05) is 29.2 Å². The Bertz CT molecular complexity index is 1710. The fourth-order valence-corrected chi connectivity index (χ4v) is 6.37. The standard InChI is InChI=1S/C31H30F4N8O3S/c32-22-17-43(18-22)23-5-1-3-19(13-23)15-28(45)37-30-41-40-29(47-30)21-9-11-42(12-10-21)26-8-7-25(38-39-26)36-27(44)16-20-4-2-6-24(14-20)46-31(33,34)35/h1-8,13-14,21-22H,9-12,15-18H2,(H,36,38,44)(H,37,41,45). The molecule has 4 aromatic rings. The van der Waals surface area contributed by atoms with Crippen LogP contribution in [0.4, 0.5) is 40.0 Å². The van der Waals surface area contributed by atoms with Crippen LogP contribution in [0.2, 0.25) is 0 Å². The number of halogens is 4. The molecule has 11 nitrogen and oxygen atoms in total. The number of ether oxygens (including phenoxy) is 1. The van der Waals surface area contributed by atoms with E-state index in [2.05, 4.69) is 40.7 Å². The predicted molar refractivity (Wildman–Crippen MR) is 167 cm³/mol. The number of carbonyl (C=O) groups excluding carboxylic acids is 2. The van der Waals surface area contributed by atoms with Gasteiger partial charge in [0.2, 0.25) is 16.9 Å². The van der Waals surface area contributed by atoms with E-state index in [1.54, 1.807) is 12.1 Å². The molecule has 2 saturated heterocycles. The maximum atomic E-state index is 13.2. The van der Waals surface area contributed by atoms with Crippen LogP contribution >= 0.6 is 11.3 Å². The molecule has 2 amide bonds. The Labute approximate surface area is 271 Å². The molecule has 47 heavy (non-hydrogen) atoms. The van der Waals surface area contributed by atoms with Crippen LogP contribution in [-0.4, -0.2) is 70.9 Å². The molecule has 0 radical (unpaired) electrons. The number of carbonyl (C=O) groups is 2. The zero-order chi connectivity index (χ0) is 33.0. The number of rotatable bonds is 10. The van der Waals surface area contributed by atoms with Crippen molar-refractivity contribution in [2.45, 2.75) is 44.1 Å². The number of benzene rings is 2. The molecule has 2 aliphatic heterocycles. The number of hydrogen-bond donors (Lipinski definition) is 2. The summed E-state index contributed by atoms with van der Waals surface area (Å²) in [4.78, 5) is 29.1. The van der Waals surface area contributed by atoms with Crippen LogP contribution in [0.1, 0.15) is 34.9 Å². The number of piperidine rings is 1. The van der Waals surface area contributed by atoms with Gasteiger partial charge in [-0.05, 0) is 60.4 Å². The third-order valence-corrected chi connectivity index (χ3v) is 8.75. The monoisotopic (exact) mass is 670 g/mol. The molecule has 4 heterocycles. The molecular weight excluding hydrogens is 640 g/mol. The highest BCUT2D eigenvalue weighted by Crippen LogP contribution is 2.33. The normalized spacial score (nSPS) is 15.7. The number of amides is 2. The van der Waals surface area contributed by atoms with E-state index < -0.39 is 24.2 Å². The van der Waals surface area contributed by atoms with E-state index in [0.29, 0.717) is 42.7 Å². The Kier molecular flexibility index (Phi) is 9.47. The third kappa shape index (κ3) is 8.69. The van der Waals surface area contributed by atoms with Crippen molar-refractivity contribution in [1.29, 1.82) is 0 Å². The molecule has 0 aliphatic carbocycles. The van der Waals surface area contributed by atoms with Gasteiger partial charge < -0.3 is 25.2 Å². The number of nitrogens with zero attached hydrogens (tertiary/aromatic N) is 6. The second-order valence-corrected chi connectivity index (χ2v) is 12.3. The second kappa shape index (κ2) is 13.9. The molecule has 2 N–H and O–H groups in total. The van der Waals surface area contributed by atoms with Gasteiger partial charge in [-0.15, -0.1) is 33.6 Å². The minimum atomic E-state index is -4.82. The first-order valence-corrected chi connectivity index (χ1v) is 15.7. The van der Waals surface area contributed by atoms with Gasteiger partial charge in [0.25, 0.3) is 0 Å². The van der Waals surface area contributed by atoms with Crippen LogP contribution in [0.15, 0.2) is 60.7 Å². The number of anilines is 4. The van der Waals surface area contributed by atoms with Crippen molar-refractivity contribution in [3.63, 3.8) is 0 Å². The zero-order valence-electron chi connectivity index (χ0n) is 24.9. The largest absolute Gasteiger partial charge is 0.573 e. The smallest absolute Gasteiger partial charge is 0.406 e. The van der Waals surface area contributed by atoms with Gasteiger partial charge >= 0.3 is 6.36 Å². The Morgan fingerprint density at radius 3 is 2.23 bits per heavy atom. The zero-order valence-corrected chi connectivity index (χ0v) is 25.7. The Balaban J connectivity index is 0.949. The van der Waals surface area contributed by atoms with Crippen molar-refractivity contribution in [1.82, 2.24) is 20.4 Å². The van der Waals surface area contributed by atoms with Crippen molar-refractivity contribution in [2.24, 2.45) is 0 Å². The SMILES string of the molecule is O=C(Cc1cccc(OC(F)(F)F)c1)Nc1ccc(N2CCC(c3nnc(NC(=O)Cc4cccc(N5CC(F)C5)c4)s3)CC2)nn1. The molecule has 0 spiro atoms. The van der Waals surface area contributed by atoms with E-state index in [1.165, 1.54) is 23.5 Å². The summed E-state index contributed by atoms with van der Waals surface area (Å²) in [6.45, 7) is 2.13. The maximum Gasteiger partial charge on any atom is 0.573 e. The van der Waals surface area contributed by atoms with Gasteiger partial charge in [0.05, 0.1) is 25.9 Å². The highest BCUT2D eigenvalue weighted by Gasteiger charge is 2.31. The van der Waals surface area contributed by atoms with E-state index >= 15 is 0 Å². The lowest BCUT2D eigenvalue weighted by atomic mass is 9.98. The fourth-order valence-electron chi connectivity index (χ4n) is 5.44. The van der Waals surface area contributed by atoms with Crippen molar-refractivity contribution in [2.75, 3.05) is 46.6 Å². The topological polar surface area (TPSA) is 125 Å².